The second-order valence-corrected chi connectivity index (χ2v) is 6.62. The fourth-order valence-corrected chi connectivity index (χ4v) is 2.73. The highest BCUT2D eigenvalue weighted by molar-refractivity contribution is 5.85. The van der Waals surface area contributed by atoms with Crippen LogP contribution in [0.5, 0.6) is 0 Å². The molecule has 0 saturated carbocycles. The van der Waals surface area contributed by atoms with Gasteiger partial charge < -0.3 is 11.1 Å². The Kier molecular flexibility index (Phi) is 8.71. The van der Waals surface area contributed by atoms with Crippen molar-refractivity contribution in [1.82, 2.24) is 10.2 Å². The Morgan fingerprint density at radius 1 is 1.50 bits per heavy atom. The first-order valence-electron chi connectivity index (χ1n) is 7.65. The van der Waals surface area contributed by atoms with Crippen LogP contribution < -0.4 is 11.1 Å². The lowest BCUT2D eigenvalue weighted by atomic mass is 9.93. The molecule has 2 atom stereocenters. The second kappa shape index (κ2) is 8.85. The Bertz CT molecular complexity index is 297. The summed E-state index contributed by atoms with van der Waals surface area (Å²) in [6.45, 7) is 11.7. The smallest absolute Gasteiger partial charge is 0.236 e. The molecule has 20 heavy (non-hydrogen) atoms. The molecule has 0 radical (unpaired) electrons. The van der Waals surface area contributed by atoms with Gasteiger partial charge in [-0.1, -0.05) is 20.3 Å². The van der Waals surface area contributed by atoms with E-state index in [9.17, 15) is 4.79 Å². The van der Waals surface area contributed by atoms with E-state index in [0.717, 1.165) is 31.8 Å². The Morgan fingerprint density at radius 3 is 2.70 bits per heavy atom. The first-order valence-corrected chi connectivity index (χ1v) is 7.65. The molecule has 0 aromatic heterocycles. The van der Waals surface area contributed by atoms with E-state index in [1.165, 1.54) is 12.8 Å². The van der Waals surface area contributed by atoms with Crippen LogP contribution in [0.2, 0.25) is 0 Å². The summed E-state index contributed by atoms with van der Waals surface area (Å²) in [6, 6.07) is -0.360. The number of nitrogens with one attached hydrogen (secondary N) is 1. The summed E-state index contributed by atoms with van der Waals surface area (Å²) in [5.41, 5.74) is 5.84. The summed E-state index contributed by atoms with van der Waals surface area (Å²) in [5.74, 6) is 0.742. The topological polar surface area (TPSA) is 58.4 Å². The summed E-state index contributed by atoms with van der Waals surface area (Å²) >= 11 is 0. The fourth-order valence-electron chi connectivity index (χ4n) is 2.73. The first-order chi connectivity index (χ1) is 8.86. The van der Waals surface area contributed by atoms with Gasteiger partial charge in [0.15, 0.2) is 0 Å². The van der Waals surface area contributed by atoms with Crippen LogP contribution in [0.3, 0.4) is 0 Å². The van der Waals surface area contributed by atoms with Crippen LogP contribution in [0.15, 0.2) is 0 Å². The zero-order valence-corrected chi connectivity index (χ0v) is 14.3. The Labute approximate surface area is 130 Å². The number of rotatable bonds is 6. The maximum atomic E-state index is 11.9. The van der Waals surface area contributed by atoms with Crippen LogP contribution in [0.1, 0.15) is 53.4 Å². The predicted molar refractivity (Wildman–Crippen MR) is 87.2 cm³/mol. The molecule has 2 unspecified atom stereocenters. The lowest BCUT2D eigenvalue weighted by Crippen LogP contribution is -2.56. The summed E-state index contributed by atoms with van der Waals surface area (Å²) < 4.78 is 0. The summed E-state index contributed by atoms with van der Waals surface area (Å²) in [6.07, 6.45) is 4.28. The number of carbonyl (C=O) groups is 1. The van der Waals surface area contributed by atoms with Crippen LogP contribution in [0, 0.1) is 5.92 Å². The lowest BCUT2D eigenvalue weighted by Gasteiger charge is -2.43. The number of piperidine rings is 1. The minimum absolute atomic E-state index is 0. The van der Waals surface area contributed by atoms with Gasteiger partial charge in [0, 0.05) is 18.6 Å². The van der Waals surface area contributed by atoms with Crippen molar-refractivity contribution in [3.63, 3.8) is 0 Å². The second-order valence-electron chi connectivity index (χ2n) is 6.62. The zero-order valence-electron chi connectivity index (χ0n) is 13.4. The van der Waals surface area contributed by atoms with Crippen LogP contribution in [0.4, 0.5) is 0 Å². The van der Waals surface area contributed by atoms with Crippen molar-refractivity contribution >= 4 is 18.3 Å². The van der Waals surface area contributed by atoms with E-state index < -0.39 is 0 Å². The van der Waals surface area contributed by atoms with Gasteiger partial charge in [-0.25, -0.2) is 0 Å². The normalized spacial score (nSPS) is 21.9. The molecule has 0 bridgehead atoms. The van der Waals surface area contributed by atoms with Crippen molar-refractivity contribution in [3.05, 3.63) is 0 Å². The fraction of sp³-hybridized carbons (Fsp3) is 0.933. The molecule has 1 saturated heterocycles. The number of nitrogens with zero attached hydrogens (tertiary/aromatic N) is 1. The molecule has 0 aromatic carbocycles. The van der Waals surface area contributed by atoms with E-state index in [-0.39, 0.29) is 29.9 Å². The van der Waals surface area contributed by atoms with Crippen molar-refractivity contribution < 1.29 is 4.79 Å². The molecule has 1 aliphatic heterocycles. The molecule has 4 nitrogen and oxygen atoms in total. The average molecular weight is 306 g/mol. The largest absolute Gasteiger partial charge is 0.353 e. The van der Waals surface area contributed by atoms with Gasteiger partial charge in [-0.2, -0.15) is 0 Å². The number of likely N-dealkylation sites (tertiary alicyclic amines) is 1. The minimum atomic E-state index is -0.360. The third kappa shape index (κ3) is 5.98. The van der Waals surface area contributed by atoms with E-state index in [4.69, 9.17) is 5.73 Å². The van der Waals surface area contributed by atoms with E-state index in [1.54, 1.807) is 0 Å². The predicted octanol–water partition coefficient (Wildman–Crippen LogP) is 2.16. The number of hydrogen-bond donors (Lipinski definition) is 2. The van der Waals surface area contributed by atoms with Crippen molar-refractivity contribution in [1.29, 1.82) is 0 Å². The number of halogens is 1. The standard InChI is InChI=1S/C15H31N3O.ClH/c1-5-7-13(16)14(19)17-11-15(3,4)18-9-6-8-12(2)10-18;/h12-13H,5-11,16H2,1-4H3,(H,17,19);1H. The molecule has 1 heterocycles. The Balaban J connectivity index is 0.00000361. The van der Waals surface area contributed by atoms with Crippen molar-refractivity contribution in [2.75, 3.05) is 19.6 Å². The summed E-state index contributed by atoms with van der Waals surface area (Å²) in [4.78, 5) is 14.4. The zero-order chi connectivity index (χ0) is 14.5. The van der Waals surface area contributed by atoms with Crippen molar-refractivity contribution in [2.24, 2.45) is 11.7 Å². The van der Waals surface area contributed by atoms with Gasteiger partial charge in [0.1, 0.15) is 0 Å². The molecular formula is C15H32ClN3O. The highest BCUT2D eigenvalue weighted by Crippen LogP contribution is 2.23. The molecular weight excluding hydrogens is 274 g/mol. The first kappa shape index (κ1) is 19.7. The molecule has 0 aliphatic carbocycles. The maximum Gasteiger partial charge on any atom is 0.236 e. The van der Waals surface area contributed by atoms with Gasteiger partial charge in [0.05, 0.1) is 6.04 Å². The van der Waals surface area contributed by atoms with E-state index in [0.29, 0.717) is 6.54 Å². The number of amides is 1. The highest BCUT2D eigenvalue weighted by atomic mass is 35.5. The molecule has 1 aliphatic rings. The third-order valence-corrected chi connectivity index (χ3v) is 4.14. The Hall–Kier alpha value is -0.320. The van der Waals surface area contributed by atoms with Gasteiger partial charge in [-0.15, -0.1) is 12.4 Å². The lowest BCUT2D eigenvalue weighted by molar-refractivity contribution is -0.123. The van der Waals surface area contributed by atoms with Crippen LogP contribution in [-0.2, 0) is 4.79 Å². The van der Waals surface area contributed by atoms with E-state index in [2.05, 4.69) is 31.0 Å². The number of nitrogens with two attached hydrogens (primary N) is 1. The van der Waals surface area contributed by atoms with E-state index >= 15 is 0 Å². The molecule has 0 spiro atoms. The molecule has 3 N–H and O–H groups in total. The van der Waals surface area contributed by atoms with Gasteiger partial charge in [0.25, 0.3) is 0 Å². The summed E-state index contributed by atoms with van der Waals surface area (Å²) in [7, 11) is 0. The summed E-state index contributed by atoms with van der Waals surface area (Å²) in [5, 5.41) is 3.01. The average Bonchev–Trinajstić information content (AvgIpc) is 2.36. The number of carbonyl (C=O) groups excluding carboxylic acids is 1. The quantitative estimate of drug-likeness (QED) is 0.790. The van der Waals surface area contributed by atoms with Crippen LogP contribution >= 0.6 is 12.4 Å². The molecule has 1 rings (SSSR count). The van der Waals surface area contributed by atoms with Crippen molar-refractivity contribution in [2.45, 2.75) is 65.0 Å². The molecule has 120 valence electrons. The SMILES string of the molecule is CCCC(N)C(=O)NCC(C)(C)N1CCCC(C)C1.Cl. The molecule has 1 fully saturated rings. The molecule has 0 aromatic rings. The molecule has 1 amide bonds. The van der Waals surface area contributed by atoms with Gasteiger partial charge in [-0.05, 0) is 45.6 Å². The van der Waals surface area contributed by atoms with Gasteiger partial charge in [0.2, 0.25) is 5.91 Å². The highest BCUT2D eigenvalue weighted by Gasteiger charge is 2.30. The van der Waals surface area contributed by atoms with Crippen LogP contribution in [-0.4, -0.2) is 42.0 Å². The van der Waals surface area contributed by atoms with E-state index in [1.807, 2.05) is 6.92 Å². The minimum Gasteiger partial charge on any atom is -0.353 e. The maximum absolute atomic E-state index is 11.9. The van der Waals surface area contributed by atoms with Crippen LogP contribution in [0.25, 0.3) is 0 Å². The molecule has 5 heteroatoms. The Morgan fingerprint density at radius 2 is 2.15 bits per heavy atom. The monoisotopic (exact) mass is 305 g/mol. The van der Waals surface area contributed by atoms with Gasteiger partial charge in [-0.3, -0.25) is 9.69 Å². The number of hydrogen-bond acceptors (Lipinski definition) is 3. The third-order valence-electron chi connectivity index (χ3n) is 4.14. The van der Waals surface area contributed by atoms with Gasteiger partial charge >= 0.3 is 0 Å². The van der Waals surface area contributed by atoms with Crippen molar-refractivity contribution in [3.8, 4) is 0 Å².